The number of halogens is 4. The van der Waals surface area contributed by atoms with E-state index in [0.29, 0.717) is 5.92 Å². The second-order valence-electron chi connectivity index (χ2n) is 16.1. The van der Waals surface area contributed by atoms with Gasteiger partial charge < -0.3 is 24.8 Å². The summed E-state index contributed by atoms with van der Waals surface area (Å²) in [6, 6.07) is 26.6. The van der Waals surface area contributed by atoms with E-state index in [1.54, 1.807) is 28.2 Å². The van der Waals surface area contributed by atoms with Crippen LogP contribution in [-0.2, 0) is 30.7 Å². The van der Waals surface area contributed by atoms with Crippen LogP contribution in [0.4, 0.5) is 0 Å². The summed E-state index contributed by atoms with van der Waals surface area (Å²) in [6.07, 6.45) is 18.5. The Labute approximate surface area is 369 Å². The average molecular weight is 1030 g/mol. The molecule has 2 atom stereocenters. The zero-order chi connectivity index (χ0) is 36.1. The first-order chi connectivity index (χ1) is 23.6. The van der Waals surface area contributed by atoms with Crippen LogP contribution >= 0.6 is 45.2 Å². The van der Waals surface area contributed by atoms with Gasteiger partial charge in [-0.05, 0) is 40.6 Å². The molecule has 0 saturated heterocycles. The Kier molecular flexibility index (Phi) is 14.3. The van der Waals surface area contributed by atoms with E-state index < -0.39 is 0 Å². The van der Waals surface area contributed by atoms with Gasteiger partial charge in [0, 0.05) is 0 Å². The molecule has 1 saturated carbocycles. The minimum atomic E-state index is 0. The van der Waals surface area contributed by atoms with Crippen LogP contribution in [0.5, 0.6) is 0 Å². The summed E-state index contributed by atoms with van der Waals surface area (Å²) in [7, 11) is 0. The van der Waals surface area contributed by atoms with E-state index in [4.69, 9.17) is 0 Å². The Morgan fingerprint density at radius 1 is 0.788 bits per heavy atom. The molecule has 5 aliphatic carbocycles. The van der Waals surface area contributed by atoms with Crippen molar-refractivity contribution in [2.75, 3.05) is 0 Å². The van der Waals surface area contributed by atoms with Gasteiger partial charge in [0.25, 0.3) is 0 Å². The van der Waals surface area contributed by atoms with Crippen LogP contribution in [-0.4, -0.2) is 3.21 Å². The summed E-state index contributed by atoms with van der Waals surface area (Å²) in [5.41, 5.74) is 13.0. The van der Waals surface area contributed by atoms with Crippen LogP contribution in [0, 0.1) is 46.7 Å². The van der Waals surface area contributed by atoms with E-state index in [1.165, 1.54) is 69.7 Å². The third kappa shape index (κ3) is 7.47. The Balaban J connectivity index is 0.000000221. The first-order valence-electron chi connectivity index (χ1n) is 18.0. The Bertz CT molecular complexity index is 1880. The third-order valence-corrected chi connectivity index (χ3v) is 16.5. The number of hydrogen-bond donors (Lipinski definition) is 0. The molecule has 5 heteroatoms. The van der Waals surface area contributed by atoms with Gasteiger partial charge in [-0.25, -0.2) is 18.1 Å². The first kappa shape index (κ1) is 43.7. The zero-order valence-corrected chi connectivity index (χ0v) is 40.0. The standard InChI is InChI=1S/C29H37.C13H8I2.C5H5.2ClH.Zr/c1-18-25-22-17-19-13-9-10-14-20(19)24(22)21-15-11-12-16-23(21)29(25,8)28(6,7)27(4,5)26(18,2)3;14-12-5-1-10(2-6-12)9-11-3-7-13(15)8-4-11;1-2-4-5-3-1;;;/h9-11,13-15,23H,12,16-17H2,1-8H3;1-8H;1-3H,4H2;2*1H;/q-1;;-1;;;+2/p-2. The fraction of sp³-hybridized carbons (Fsp3) is 0.362. The molecular weight excluding hydrogens is 980 g/mol. The topological polar surface area (TPSA) is 0 Å². The second kappa shape index (κ2) is 17.0. The van der Waals surface area contributed by atoms with Crippen molar-refractivity contribution in [3.05, 3.63) is 161 Å². The number of hydrogen-bond acceptors (Lipinski definition) is 0. The van der Waals surface area contributed by atoms with Crippen molar-refractivity contribution >= 4 is 54.0 Å². The summed E-state index contributed by atoms with van der Waals surface area (Å²) in [6.45, 7) is 20.3. The number of fused-ring (bicyclic) bond motifs is 6. The molecule has 52 heavy (non-hydrogen) atoms. The molecule has 0 amide bonds. The van der Waals surface area contributed by atoms with Gasteiger partial charge >= 0.3 is 139 Å². The van der Waals surface area contributed by atoms with Crippen LogP contribution in [0.25, 0.3) is 5.57 Å². The van der Waals surface area contributed by atoms with Crippen molar-refractivity contribution in [3.63, 3.8) is 0 Å². The zero-order valence-electron chi connectivity index (χ0n) is 31.7. The van der Waals surface area contributed by atoms with Gasteiger partial charge in [0.15, 0.2) is 0 Å². The molecule has 2 unspecified atom stereocenters. The van der Waals surface area contributed by atoms with Crippen LogP contribution in [0.1, 0.15) is 96.9 Å². The molecule has 0 radical (unpaired) electrons. The van der Waals surface area contributed by atoms with Crippen molar-refractivity contribution in [2.24, 2.45) is 27.6 Å². The number of rotatable bonds is 2. The van der Waals surface area contributed by atoms with Crippen LogP contribution in [0.15, 0.2) is 120 Å². The van der Waals surface area contributed by atoms with E-state index in [2.05, 4.69) is 198 Å². The molecule has 1 fully saturated rings. The van der Waals surface area contributed by atoms with E-state index >= 15 is 0 Å². The molecule has 3 aromatic carbocycles. The van der Waals surface area contributed by atoms with E-state index in [0.717, 1.165) is 12.8 Å². The predicted molar refractivity (Wildman–Crippen MR) is 227 cm³/mol. The summed E-state index contributed by atoms with van der Waals surface area (Å²) >= 11 is 6.13. The van der Waals surface area contributed by atoms with Gasteiger partial charge in [-0.3, -0.25) is 6.08 Å². The molecule has 272 valence electrons. The third-order valence-electron chi connectivity index (χ3n) is 13.6. The average Bonchev–Trinajstić information content (AvgIpc) is 3.81. The molecule has 0 bridgehead atoms. The van der Waals surface area contributed by atoms with Gasteiger partial charge in [-0.2, -0.15) is 17.2 Å². The molecule has 0 spiro atoms. The Morgan fingerprint density at radius 3 is 1.88 bits per heavy atom. The SMILES string of the molecule is C[C-]1C2=C3Cc4ccccc4C3=C3C=CCCC3C2(C)C(C)(C)C(C)(C)C1(C)C.[C-]1=CC=CC1.[Cl-].[Cl-].[Zr+2]=[C](c1ccc(I)cc1)c1ccc(I)cc1. The number of allylic oxidation sites excluding steroid dienone is 10. The summed E-state index contributed by atoms with van der Waals surface area (Å²) in [5, 5.41) is 0. The Morgan fingerprint density at radius 2 is 1.37 bits per heavy atom. The maximum absolute atomic E-state index is 2.99. The summed E-state index contributed by atoms with van der Waals surface area (Å²) < 4.78 is 3.99. The van der Waals surface area contributed by atoms with Crippen molar-refractivity contribution in [1.29, 1.82) is 0 Å². The fourth-order valence-electron chi connectivity index (χ4n) is 9.31. The van der Waals surface area contributed by atoms with Crippen molar-refractivity contribution in [1.82, 2.24) is 0 Å². The molecular formula is C47H50Cl2I2Zr-2. The van der Waals surface area contributed by atoms with Crippen LogP contribution in [0.3, 0.4) is 0 Å². The minimum absolute atomic E-state index is 0. The normalized spacial score (nSPS) is 23.4. The quantitative estimate of drug-likeness (QED) is 0.187. The molecule has 0 N–H and O–H groups in total. The molecule has 0 nitrogen and oxygen atoms in total. The molecule has 0 heterocycles. The van der Waals surface area contributed by atoms with E-state index in [-0.39, 0.29) is 46.5 Å². The van der Waals surface area contributed by atoms with Gasteiger partial charge in [0.1, 0.15) is 0 Å². The van der Waals surface area contributed by atoms with Gasteiger partial charge in [0.2, 0.25) is 0 Å². The molecule has 0 aliphatic heterocycles. The van der Waals surface area contributed by atoms with E-state index in [9.17, 15) is 0 Å². The molecule has 0 aromatic heterocycles. The van der Waals surface area contributed by atoms with Gasteiger partial charge in [-0.1, -0.05) is 113 Å². The first-order valence-corrected chi connectivity index (χ1v) is 21.4. The van der Waals surface area contributed by atoms with Gasteiger partial charge in [0.05, 0.1) is 0 Å². The maximum atomic E-state index is 2.99. The van der Waals surface area contributed by atoms with Crippen molar-refractivity contribution < 1.29 is 49.0 Å². The second-order valence-corrected chi connectivity index (χ2v) is 19.9. The van der Waals surface area contributed by atoms with Crippen LogP contribution in [0.2, 0.25) is 0 Å². The van der Waals surface area contributed by atoms with E-state index in [1.807, 2.05) is 12.2 Å². The molecule has 8 rings (SSSR count). The van der Waals surface area contributed by atoms with Crippen molar-refractivity contribution in [2.45, 2.75) is 81.1 Å². The van der Waals surface area contributed by atoms with Crippen molar-refractivity contribution in [3.8, 4) is 0 Å². The van der Waals surface area contributed by atoms with Gasteiger partial charge in [-0.15, -0.1) is 13.3 Å². The molecule has 5 aliphatic rings. The summed E-state index contributed by atoms with van der Waals surface area (Å²) in [4.78, 5) is 0. The molecule has 3 aromatic rings. The number of benzene rings is 3. The monoisotopic (exact) mass is 1030 g/mol. The predicted octanol–water partition coefficient (Wildman–Crippen LogP) is 7.29. The Hall–Kier alpha value is -0.977. The van der Waals surface area contributed by atoms with Crippen LogP contribution < -0.4 is 24.8 Å². The summed E-state index contributed by atoms with van der Waals surface area (Å²) in [5.74, 6) is 2.24. The fourth-order valence-corrected chi connectivity index (χ4v) is 10.8.